The molecule has 2 rings (SSSR count). The van der Waals surface area contributed by atoms with E-state index >= 15 is 0 Å². The Balaban J connectivity index is 2.16. The second-order valence-electron chi connectivity index (χ2n) is 4.96. The lowest BCUT2D eigenvalue weighted by Crippen LogP contribution is -2.48. The molecular formula is C14H24N2S2. The van der Waals surface area contributed by atoms with E-state index in [4.69, 9.17) is 5.73 Å². The summed E-state index contributed by atoms with van der Waals surface area (Å²) in [5.41, 5.74) is 6.05. The van der Waals surface area contributed by atoms with Crippen LogP contribution in [0, 0.1) is 0 Å². The lowest BCUT2D eigenvalue weighted by molar-refractivity contribution is 0.153. The molecular weight excluding hydrogens is 260 g/mol. The minimum atomic E-state index is 0.411. The van der Waals surface area contributed by atoms with Crippen molar-refractivity contribution in [3.63, 3.8) is 0 Å². The van der Waals surface area contributed by atoms with E-state index in [-0.39, 0.29) is 0 Å². The highest BCUT2D eigenvalue weighted by Crippen LogP contribution is 2.34. The number of thiophene rings is 1. The quantitative estimate of drug-likeness (QED) is 0.921. The lowest BCUT2D eigenvalue weighted by Gasteiger charge is -2.41. The molecule has 1 aliphatic rings. The van der Waals surface area contributed by atoms with Gasteiger partial charge in [0.15, 0.2) is 0 Å². The van der Waals surface area contributed by atoms with Gasteiger partial charge in [-0.25, -0.2) is 0 Å². The van der Waals surface area contributed by atoms with Crippen molar-refractivity contribution in [2.45, 2.75) is 44.5 Å². The number of hydrogen-bond acceptors (Lipinski definition) is 4. The van der Waals surface area contributed by atoms with E-state index in [1.807, 2.05) is 11.3 Å². The molecule has 1 aromatic rings. The van der Waals surface area contributed by atoms with Crippen LogP contribution in [0.4, 0.5) is 0 Å². The van der Waals surface area contributed by atoms with Crippen LogP contribution in [-0.4, -0.2) is 35.0 Å². The van der Waals surface area contributed by atoms with Crippen LogP contribution in [0.1, 0.15) is 36.6 Å². The van der Waals surface area contributed by atoms with Crippen LogP contribution in [0.15, 0.2) is 12.1 Å². The van der Waals surface area contributed by atoms with Gasteiger partial charge in [-0.05, 0) is 25.5 Å². The van der Waals surface area contributed by atoms with Gasteiger partial charge >= 0.3 is 0 Å². The molecule has 2 heterocycles. The summed E-state index contributed by atoms with van der Waals surface area (Å²) in [6, 6.07) is 5.56. The van der Waals surface area contributed by atoms with Crippen molar-refractivity contribution >= 4 is 23.1 Å². The fraction of sp³-hybridized carbons (Fsp3) is 0.714. The summed E-state index contributed by atoms with van der Waals surface area (Å²) in [5.74, 6) is 1.23. The third-order valence-electron chi connectivity index (χ3n) is 3.92. The number of hydrogen-bond donors (Lipinski definition) is 1. The van der Waals surface area contributed by atoms with Crippen molar-refractivity contribution in [1.29, 1.82) is 0 Å². The summed E-state index contributed by atoms with van der Waals surface area (Å²) in [6.07, 6.45) is 1.13. The first kappa shape index (κ1) is 14.4. The van der Waals surface area contributed by atoms with Crippen molar-refractivity contribution < 1.29 is 0 Å². The van der Waals surface area contributed by atoms with Gasteiger partial charge in [-0.2, -0.15) is 11.8 Å². The molecule has 3 atom stereocenters. The molecule has 2 N–H and O–H groups in total. The summed E-state index contributed by atoms with van der Waals surface area (Å²) in [4.78, 5) is 5.52. The Morgan fingerprint density at radius 3 is 2.83 bits per heavy atom. The molecule has 1 fully saturated rings. The monoisotopic (exact) mass is 284 g/mol. The molecule has 18 heavy (non-hydrogen) atoms. The van der Waals surface area contributed by atoms with Gasteiger partial charge in [0.25, 0.3) is 0 Å². The minimum absolute atomic E-state index is 0.411. The molecule has 4 heteroatoms. The van der Waals surface area contributed by atoms with E-state index in [9.17, 15) is 0 Å². The van der Waals surface area contributed by atoms with Crippen molar-refractivity contribution in [3.8, 4) is 0 Å². The predicted molar refractivity (Wildman–Crippen MR) is 83.6 cm³/mol. The van der Waals surface area contributed by atoms with Crippen LogP contribution in [0.2, 0.25) is 0 Å². The van der Waals surface area contributed by atoms with E-state index < -0.39 is 0 Å². The Bertz CT molecular complexity index is 378. The molecule has 1 aliphatic heterocycles. The van der Waals surface area contributed by atoms with Crippen LogP contribution in [0.5, 0.6) is 0 Å². The van der Waals surface area contributed by atoms with Gasteiger partial charge in [0.1, 0.15) is 0 Å². The molecule has 0 radical (unpaired) electrons. The Morgan fingerprint density at radius 2 is 2.22 bits per heavy atom. The molecule has 0 aromatic carbocycles. The largest absolute Gasteiger partial charge is 0.329 e. The lowest BCUT2D eigenvalue weighted by atomic mass is 10.1. The number of rotatable bonds is 4. The molecule has 2 nitrogen and oxygen atoms in total. The third kappa shape index (κ3) is 2.93. The molecule has 0 amide bonds. The summed E-state index contributed by atoms with van der Waals surface area (Å²) in [7, 11) is 0. The Kier molecular flexibility index (Phi) is 5.13. The van der Waals surface area contributed by atoms with Gasteiger partial charge in [0.05, 0.1) is 6.04 Å². The molecule has 0 aliphatic carbocycles. The zero-order chi connectivity index (χ0) is 13.1. The molecule has 1 saturated heterocycles. The SMILES string of the molecule is CCc1ccc(C(CN)N2CCSC(C)C2C)s1. The van der Waals surface area contributed by atoms with Crippen molar-refractivity contribution in [1.82, 2.24) is 4.90 Å². The van der Waals surface area contributed by atoms with E-state index in [1.54, 1.807) is 0 Å². The minimum Gasteiger partial charge on any atom is -0.329 e. The maximum atomic E-state index is 6.05. The number of nitrogens with two attached hydrogens (primary N) is 1. The molecule has 3 unspecified atom stereocenters. The van der Waals surface area contributed by atoms with Crippen LogP contribution < -0.4 is 5.73 Å². The highest BCUT2D eigenvalue weighted by molar-refractivity contribution is 8.00. The Labute approximate surface area is 119 Å². The topological polar surface area (TPSA) is 29.3 Å². The normalized spacial score (nSPS) is 27.3. The average Bonchev–Trinajstić information content (AvgIpc) is 2.84. The van der Waals surface area contributed by atoms with Crippen LogP contribution in [-0.2, 0) is 6.42 Å². The van der Waals surface area contributed by atoms with Crippen LogP contribution in [0.3, 0.4) is 0 Å². The number of aryl methyl sites for hydroxylation is 1. The molecule has 1 aromatic heterocycles. The van der Waals surface area contributed by atoms with Gasteiger partial charge in [-0.3, -0.25) is 4.90 Å². The van der Waals surface area contributed by atoms with E-state index in [1.165, 1.54) is 15.5 Å². The maximum Gasteiger partial charge on any atom is 0.0567 e. The van der Waals surface area contributed by atoms with Crippen molar-refractivity contribution in [3.05, 3.63) is 21.9 Å². The van der Waals surface area contributed by atoms with Crippen molar-refractivity contribution in [2.24, 2.45) is 5.73 Å². The third-order valence-corrected chi connectivity index (χ3v) is 6.58. The maximum absolute atomic E-state index is 6.05. The molecule has 0 saturated carbocycles. The Hall–Kier alpha value is -0.0300. The summed E-state index contributed by atoms with van der Waals surface area (Å²) in [5, 5.41) is 0.707. The predicted octanol–water partition coefficient (Wildman–Crippen LogP) is 3.14. The first-order chi connectivity index (χ1) is 8.67. The number of thioether (sulfide) groups is 1. The van der Waals surface area contributed by atoms with Crippen molar-refractivity contribution in [2.75, 3.05) is 18.8 Å². The highest BCUT2D eigenvalue weighted by atomic mass is 32.2. The van der Waals surface area contributed by atoms with Gasteiger partial charge in [0, 0.05) is 39.9 Å². The van der Waals surface area contributed by atoms with Crippen LogP contribution >= 0.6 is 23.1 Å². The number of nitrogens with zero attached hydrogens (tertiary/aromatic N) is 1. The standard InChI is InChI=1S/C14H24N2S2/c1-4-12-5-6-14(18-12)13(9-15)16-7-8-17-11(3)10(16)2/h5-6,10-11,13H,4,7-9,15H2,1-3H3. The van der Waals surface area contributed by atoms with Gasteiger partial charge in [-0.1, -0.05) is 13.8 Å². The first-order valence-electron chi connectivity index (χ1n) is 6.83. The van der Waals surface area contributed by atoms with E-state index in [0.717, 1.165) is 19.5 Å². The first-order valence-corrected chi connectivity index (χ1v) is 8.70. The summed E-state index contributed by atoms with van der Waals surface area (Å²) in [6.45, 7) is 8.78. The average molecular weight is 284 g/mol. The van der Waals surface area contributed by atoms with Gasteiger partial charge in [-0.15, -0.1) is 11.3 Å². The molecule has 102 valence electrons. The molecule has 0 bridgehead atoms. The molecule has 0 spiro atoms. The fourth-order valence-electron chi connectivity index (χ4n) is 2.57. The fourth-order valence-corrected chi connectivity index (χ4v) is 4.78. The van der Waals surface area contributed by atoms with E-state index in [0.29, 0.717) is 17.3 Å². The van der Waals surface area contributed by atoms with Gasteiger partial charge in [0.2, 0.25) is 0 Å². The zero-order valence-corrected chi connectivity index (χ0v) is 13.2. The Morgan fingerprint density at radius 1 is 1.44 bits per heavy atom. The second kappa shape index (κ2) is 6.42. The summed E-state index contributed by atoms with van der Waals surface area (Å²) < 4.78 is 0. The second-order valence-corrected chi connectivity index (χ2v) is 7.65. The smallest absolute Gasteiger partial charge is 0.0567 e. The van der Waals surface area contributed by atoms with Crippen LogP contribution in [0.25, 0.3) is 0 Å². The van der Waals surface area contributed by atoms with Gasteiger partial charge < -0.3 is 5.73 Å². The summed E-state index contributed by atoms with van der Waals surface area (Å²) >= 11 is 4.02. The highest BCUT2D eigenvalue weighted by Gasteiger charge is 2.31. The zero-order valence-electron chi connectivity index (χ0n) is 11.6. The van der Waals surface area contributed by atoms with E-state index in [2.05, 4.69) is 49.6 Å².